The van der Waals surface area contributed by atoms with E-state index in [-0.39, 0.29) is 30.2 Å². The number of aliphatic hydroxyl groups excluding tert-OH is 2. The van der Waals surface area contributed by atoms with Crippen LogP contribution < -0.4 is 0 Å². The fraction of sp³-hybridized carbons (Fsp3) is 0.526. The standard InChI is InChI=1S/C19H24N2O5S/c1-11(23)14-15-13(7-3-5-9-22)17(16(19(25)26)21(15)18(14)24)27-10-12-6-2-4-8-20-12/h2,4,6,8,11,13-15,22-23H,3,5,7,9-10H2,1H3,(H,25,26)/t11-,13-,14-,15-/m1/s1. The molecule has 0 radical (unpaired) electrons. The molecule has 3 rings (SSSR count). The zero-order chi connectivity index (χ0) is 19.6. The third-order valence-electron chi connectivity index (χ3n) is 5.16. The van der Waals surface area contributed by atoms with E-state index in [1.807, 2.05) is 18.2 Å². The smallest absolute Gasteiger partial charge is 0.353 e. The van der Waals surface area contributed by atoms with Crippen LogP contribution in [0.1, 0.15) is 31.9 Å². The maximum atomic E-state index is 12.5. The summed E-state index contributed by atoms with van der Waals surface area (Å²) in [5, 5.41) is 28.9. The summed E-state index contributed by atoms with van der Waals surface area (Å²) >= 11 is 1.40. The van der Waals surface area contributed by atoms with Crippen LogP contribution in [0, 0.1) is 11.8 Å². The average Bonchev–Trinajstić information content (AvgIpc) is 2.91. The van der Waals surface area contributed by atoms with Crippen LogP contribution in [0.15, 0.2) is 35.0 Å². The van der Waals surface area contributed by atoms with Crippen LogP contribution in [0.25, 0.3) is 0 Å². The number of aromatic nitrogens is 1. The van der Waals surface area contributed by atoms with Crippen molar-refractivity contribution in [2.24, 2.45) is 11.8 Å². The molecule has 8 heteroatoms. The molecule has 0 aliphatic carbocycles. The van der Waals surface area contributed by atoms with Gasteiger partial charge in [-0.1, -0.05) is 12.5 Å². The number of aliphatic carboxylic acids is 1. The fourth-order valence-electron chi connectivity index (χ4n) is 3.96. The minimum atomic E-state index is -1.12. The zero-order valence-electron chi connectivity index (χ0n) is 15.1. The molecule has 2 aliphatic rings. The maximum Gasteiger partial charge on any atom is 0.353 e. The van der Waals surface area contributed by atoms with Crippen molar-refractivity contribution in [3.8, 4) is 0 Å². The molecule has 27 heavy (non-hydrogen) atoms. The number of hydrogen-bond donors (Lipinski definition) is 3. The van der Waals surface area contributed by atoms with Gasteiger partial charge in [0.05, 0.1) is 23.8 Å². The fourth-order valence-corrected chi connectivity index (χ4v) is 5.23. The Labute approximate surface area is 162 Å². The number of β-lactam (4-membered cyclic amide) rings is 1. The number of unbranched alkanes of at least 4 members (excludes halogenated alkanes) is 1. The lowest BCUT2D eigenvalue weighted by molar-refractivity contribution is -0.163. The number of aliphatic hydroxyl groups is 2. The lowest BCUT2D eigenvalue weighted by atomic mass is 9.77. The van der Waals surface area contributed by atoms with Gasteiger partial charge in [0.15, 0.2) is 0 Å². The maximum absolute atomic E-state index is 12.5. The highest BCUT2D eigenvalue weighted by molar-refractivity contribution is 8.02. The first kappa shape index (κ1) is 19.9. The molecule has 0 aromatic carbocycles. The van der Waals surface area contributed by atoms with Gasteiger partial charge in [-0.2, -0.15) is 0 Å². The summed E-state index contributed by atoms with van der Waals surface area (Å²) in [6.45, 7) is 1.65. The Morgan fingerprint density at radius 2 is 2.15 bits per heavy atom. The van der Waals surface area contributed by atoms with Crippen molar-refractivity contribution in [3.05, 3.63) is 40.7 Å². The molecule has 1 aromatic rings. The van der Waals surface area contributed by atoms with Gasteiger partial charge in [0.25, 0.3) is 0 Å². The Kier molecular flexibility index (Phi) is 6.18. The first-order valence-electron chi connectivity index (χ1n) is 9.09. The highest BCUT2D eigenvalue weighted by atomic mass is 32.2. The van der Waals surface area contributed by atoms with E-state index in [2.05, 4.69) is 4.98 Å². The number of carboxylic acids is 1. The largest absolute Gasteiger partial charge is 0.477 e. The van der Waals surface area contributed by atoms with Crippen molar-refractivity contribution in [1.82, 2.24) is 9.88 Å². The third kappa shape index (κ3) is 3.74. The molecule has 146 valence electrons. The van der Waals surface area contributed by atoms with Crippen LogP contribution in [0.2, 0.25) is 0 Å². The molecule has 2 aliphatic heterocycles. The van der Waals surface area contributed by atoms with Gasteiger partial charge in [-0.15, -0.1) is 11.8 Å². The number of carbonyl (C=O) groups excluding carboxylic acids is 1. The van der Waals surface area contributed by atoms with E-state index >= 15 is 0 Å². The number of nitrogens with zero attached hydrogens (tertiary/aromatic N) is 2. The summed E-state index contributed by atoms with van der Waals surface area (Å²) in [6.07, 6.45) is 2.88. The molecule has 4 atom stereocenters. The molecule has 7 nitrogen and oxygen atoms in total. The second-order valence-electron chi connectivity index (χ2n) is 6.92. The molecule has 1 fully saturated rings. The van der Waals surface area contributed by atoms with Crippen molar-refractivity contribution < 1.29 is 24.9 Å². The van der Waals surface area contributed by atoms with Crippen LogP contribution in [-0.2, 0) is 15.3 Å². The number of carboxylic acid groups (broad SMARTS) is 1. The second-order valence-corrected chi connectivity index (χ2v) is 7.94. The Bertz CT molecular complexity index is 737. The molecule has 1 amide bonds. The van der Waals surface area contributed by atoms with E-state index in [1.165, 1.54) is 16.7 Å². The summed E-state index contributed by atoms with van der Waals surface area (Å²) in [5.74, 6) is -1.66. The van der Waals surface area contributed by atoms with Crippen LogP contribution in [0.5, 0.6) is 0 Å². The van der Waals surface area contributed by atoms with E-state index in [4.69, 9.17) is 5.11 Å². The summed E-state index contributed by atoms with van der Waals surface area (Å²) in [6, 6.07) is 5.25. The van der Waals surface area contributed by atoms with E-state index in [1.54, 1.807) is 13.1 Å². The molecule has 0 saturated carbocycles. The molecule has 1 aromatic heterocycles. The van der Waals surface area contributed by atoms with E-state index in [0.29, 0.717) is 23.5 Å². The van der Waals surface area contributed by atoms with E-state index in [9.17, 15) is 19.8 Å². The quantitative estimate of drug-likeness (QED) is 0.432. The number of thioether (sulfide) groups is 1. The Morgan fingerprint density at radius 1 is 1.37 bits per heavy atom. The monoisotopic (exact) mass is 392 g/mol. The number of rotatable bonds is 9. The summed E-state index contributed by atoms with van der Waals surface area (Å²) in [5.41, 5.74) is 0.873. The molecule has 0 bridgehead atoms. The molecule has 1 saturated heterocycles. The van der Waals surface area contributed by atoms with Crippen LogP contribution in [0.4, 0.5) is 0 Å². The van der Waals surface area contributed by atoms with Crippen molar-refractivity contribution in [3.63, 3.8) is 0 Å². The minimum absolute atomic E-state index is 0.0387. The Balaban J connectivity index is 1.89. The van der Waals surface area contributed by atoms with Crippen LogP contribution in [-0.4, -0.2) is 55.8 Å². The van der Waals surface area contributed by atoms with Gasteiger partial charge in [0.2, 0.25) is 5.91 Å². The van der Waals surface area contributed by atoms with Crippen molar-refractivity contribution >= 4 is 23.6 Å². The SMILES string of the molecule is C[C@@H](O)[C@H]1C(=O)N2C(C(=O)O)=C(SCc3ccccn3)[C@H](CCCCO)[C@H]12. The van der Waals surface area contributed by atoms with Crippen LogP contribution in [0.3, 0.4) is 0 Å². The van der Waals surface area contributed by atoms with Gasteiger partial charge in [-0.05, 0) is 31.9 Å². The molecular weight excluding hydrogens is 368 g/mol. The number of amides is 1. The number of hydrogen-bond acceptors (Lipinski definition) is 6. The molecule has 0 spiro atoms. The van der Waals surface area contributed by atoms with Gasteiger partial charge >= 0.3 is 5.97 Å². The molecule has 3 heterocycles. The highest BCUT2D eigenvalue weighted by Gasteiger charge is 2.60. The van der Waals surface area contributed by atoms with Gasteiger partial charge < -0.3 is 20.2 Å². The third-order valence-corrected chi connectivity index (χ3v) is 6.41. The van der Waals surface area contributed by atoms with Gasteiger partial charge in [0.1, 0.15) is 5.70 Å². The topological polar surface area (TPSA) is 111 Å². The van der Waals surface area contributed by atoms with Crippen molar-refractivity contribution in [2.75, 3.05) is 6.61 Å². The van der Waals surface area contributed by atoms with Gasteiger partial charge in [-0.3, -0.25) is 9.78 Å². The predicted molar refractivity (Wildman–Crippen MR) is 100 cm³/mol. The highest BCUT2D eigenvalue weighted by Crippen LogP contribution is 2.52. The first-order chi connectivity index (χ1) is 13.0. The van der Waals surface area contributed by atoms with Gasteiger partial charge in [0, 0.05) is 29.4 Å². The van der Waals surface area contributed by atoms with E-state index < -0.39 is 18.0 Å². The second kappa shape index (κ2) is 8.41. The normalized spacial score (nSPS) is 25.4. The van der Waals surface area contributed by atoms with Crippen molar-refractivity contribution in [2.45, 2.75) is 44.1 Å². The molecule has 3 N–H and O–H groups in total. The Morgan fingerprint density at radius 3 is 2.74 bits per heavy atom. The number of fused-ring (bicyclic) bond motifs is 1. The Hall–Kier alpha value is -1.90. The lowest BCUT2D eigenvalue weighted by Gasteiger charge is -2.47. The summed E-state index contributed by atoms with van der Waals surface area (Å²) in [4.78, 5) is 30.7. The van der Waals surface area contributed by atoms with Crippen LogP contribution >= 0.6 is 11.8 Å². The number of carbonyl (C=O) groups is 2. The number of pyridine rings is 1. The summed E-state index contributed by atoms with van der Waals surface area (Å²) < 4.78 is 0. The van der Waals surface area contributed by atoms with Crippen molar-refractivity contribution in [1.29, 1.82) is 0 Å². The lowest BCUT2D eigenvalue weighted by Crippen LogP contribution is -2.63. The first-order valence-corrected chi connectivity index (χ1v) is 10.1. The minimum Gasteiger partial charge on any atom is -0.477 e. The average molecular weight is 392 g/mol. The zero-order valence-corrected chi connectivity index (χ0v) is 15.9. The van der Waals surface area contributed by atoms with Gasteiger partial charge in [-0.25, -0.2) is 4.79 Å². The predicted octanol–water partition coefficient (Wildman–Crippen LogP) is 1.61. The molecular formula is C19H24N2O5S. The van der Waals surface area contributed by atoms with E-state index in [0.717, 1.165) is 12.1 Å². The molecule has 0 unspecified atom stereocenters. The summed E-state index contributed by atoms with van der Waals surface area (Å²) in [7, 11) is 0.